The van der Waals surface area contributed by atoms with Crippen molar-refractivity contribution in [2.24, 2.45) is 0 Å². The standard InChI is InChI=1S/C24H25ClN2O6/c1-15(24(30)26-12-19-6-3-9-31-19)27-20-10-16(7-8-22(20)33-14-23(27)29)21(28)13-32-18-5-2-4-17(25)11-18/h2,4-5,7-8,10-11,15,19H,3,6,9,12-14H2,1H3,(H,26,30)/t15-,19+/m1/s1. The minimum absolute atomic E-state index is 0.00227. The zero-order chi connectivity index (χ0) is 23.4. The van der Waals surface area contributed by atoms with Crippen LogP contribution in [0.5, 0.6) is 11.5 Å². The third kappa shape index (κ3) is 5.46. The largest absolute Gasteiger partial charge is 0.485 e. The van der Waals surface area contributed by atoms with Crippen molar-refractivity contribution in [1.29, 1.82) is 0 Å². The van der Waals surface area contributed by atoms with Gasteiger partial charge in [-0.05, 0) is 56.2 Å². The van der Waals surface area contributed by atoms with Crippen molar-refractivity contribution in [3.8, 4) is 11.5 Å². The van der Waals surface area contributed by atoms with Crippen LogP contribution in [0.3, 0.4) is 0 Å². The van der Waals surface area contributed by atoms with Crippen molar-refractivity contribution in [1.82, 2.24) is 5.32 Å². The number of hydrogen-bond donors (Lipinski definition) is 1. The molecule has 2 amide bonds. The van der Waals surface area contributed by atoms with Gasteiger partial charge in [0.2, 0.25) is 5.91 Å². The van der Waals surface area contributed by atoms with Gasteiger partial charge in [-0.15, -0.1) is 0 Å². The van der Waals surface area contributed by atoms with Crippen LogP contribution in [0.2, 0.25) is 5.02 Å². The van der Waals surface area contributed by atoms with Crippen molar-refractivity contribution >= 4 is 34.9 Å². The van der Waals surface area contributed by atoms with E-state index in [-0.39, 0.29) is 36.9 Å². The summed E-state index contributed by atoms with van der Waals surface area (Å²) in [5, 5.41) is 3.36. The van der Waals surface area contributed by atoms with Gasteiger partial charge in [-0.2, -0.15) is 0 Å². The number of benzene rings is 2. The Balaban J connectivity index is 1.47. The SMILES string of the molecule is C[C@H](C(=O)NC[C@@H]1CCCO1)N1C(=O)COc2ccc(C(=O)COc3cccc(Cl)c3)cc21. The molecule has 2 aliphatic rings. The number of nitrogens with one attached hydrogen (secondary N) is 1. The molecule has 0 spiro atoms. The number of rotatable bonds is 8. The average Bonchev–Trinajstić information content (AvgIpc) is 3.34. The van der Waals surface area contributed by atoms with Crippen LogP contribution in [0.25, 0.3) is 0 Å². The van der Waals surface area contributed by atoms with E-state index in [0.29, 0.717) is 40.9 Å². The Morgan fingerprint density at radius 1 is 1.27 bits per heavy atom. The van der Waals surface area contributed by atoms with Crippen LogP contribution in [0.1, 0.15) is 30.1 Å². The molecule has 2 aromatic rings. The van der Waals surface area contributed by atoms with Gasteiger partial charge in [-0.25, -0.2) is 0 Å². The van der Waals surface area contributed by atoms with Crippen LogP contribution >= 0.6 is 11.6 Å². The predicted octanol–water partition coefficient (Wildman–Crippen LogP) is 3.01. The zero-order valence-corrected chi connectivity index (χ0v) is 19.0. The van der Waals surface area contributed by atoms with E-state index in [1.165, 1.54) is 4.90 Å². The highest BCUT2D eigenvalue weighted by molar-refractivity contribution is 6.30. The second-order valence-electron chi connectivity index (χ2n) is 7.96. The Morgan fingerprint density at radius 2 is 2.12 bits per heavy atom. The maximum atomic E-state index is 12.8. The highest BCUT2D eigenvalue weighted by atomic mass is 35.5. The van der Waals surface area contributed by atoms with Crippen LogP contribution in [0.4, 0.5) is 5.69 Å². The average molecular weight is 473 g/mol. The fourth-order valence-electron chi connectivity index (χ4n) is 3.84. The lowest BCUT2D eigenvalue weighted by Crippen LogP contribution is -2.52. The molecule has 8 nitrogen and oxygen atoms in total. The number of anilines is 1. The summed E-state index contributed by atoms with van der Waals surface area (Å²) in [5.74, 6) is -0.0350. The molecular weight excluding hydrogens is 448 g/mol. The van der Waals surface area contributed by atoms with Gasteiger partial charge in [0.15, 0.2) is 19.0 Å². The van der Waals surface area contributed by atoms with E-state index < -0.39 is 6.04 Å². The number of hydrogen-bond acceptors (Lipinski definition) is 6. The minimum atomic E-state index is -0.783. The Hall–Kier alpha value is -3.10. The van der Waals surface area contributed by atoms with Crippen LogP contribution < -0.4 is 19.7 Å². The van der Waals surface area contributed by atoms with Crippen LogP contribution in [0.15, 0.2) is 42.5 Å². The molecule has 0 radical (unpaired) electrons. The van der Waals surface area contributed by atoms with Crippen molar-refractivity contribution < 1.29 is 28.6 Å². The molecule has 0 unspecified atom stereocenters. The number of ketones is 1. The summed E-state index contributed by atoms with van der Waals surface area (Å²) < 4.78 is 16.6. The van der Waals surface area contributed by atoms with Gasteiger partial charge >= 0.3 is 0 Å². The Kier molecular flexibility index (Phi) is 7.15. The first kappa shape index (κ1) is 23.1. The summed E-state index contributed by atoms with van der Waals surface area (Å²) in [4.78, 5) is 39.5. The monoisotopic (exact) mass is 472 g/mol. The van der Waals surface area contributed by atoms with Gasteiger partial charge in [0, 0.05) is 23.7 Å². The van der Waals surface area contributed by atoms with Gasteiger partial charge < -0.3 is 19.5 Å². The van der Waals surface area contributed by atoms with Crippen molar-refractivity contribution in [3.63, 3.8) is 0 Å². The number of nitrogens with zero attached hydrogens (tertiary/aromatic N) is 1. The van der Waals surface area contributed by atoms with E-state index in [2.05, 4.69) is 5.32 Å². The van der Waals surface area contributed by atoms with Crippen LogP contribution in [-0.2, 0) is 14.3 Å². The molecule has 2 atom stereocenters. The molecule has 9 heteroatoms. The van der Waals surface area contributed by atoms with E-state index in [1.54, 1.807) is 49.4 Å². The Labute approximate surface area is 196 Å². The number of carbonyl (C=O) groups is 3. The first-order valence-electron chi connectivity index (χ1n) is 10.8. The lowest BCUT2D eigenvalue weighted by atomic mass is 10.1. The molecular formula is C24H25ClN2O6. The molecule has 0 aromatic heterocycles. The van der Waals surface area contributed by atoms with Gasteiger partial charge in [-0.1, -0.05) is 17.7 Å². The third-order valence-electron chi connectivity index (χ3n) is 5.62. The lowest BCUT2D eigenvalue weighted by Gasteiger charge is -2.33. The van der Waals surface area contributed by atoms with Crippen molar-refractivity contribution in [2.75, 3.05) is 31.3 Å². The number of halogens is 1. The van der Waals surface area contributed by atoms with Crippen LogP contribution in [-0.4, -0.2) is 56.1 Å². The molecule has 1 saturated heterocycles. The summed E-state index contributed by atoms with van der Waals surface area (Å²) in [6.07, 6.45) is 1.87. The fourth-order valence-corrected chi connectivity index (χ4v) is 4.02. The fraction of sp³-hybridized carbons (Fsp3) is 0.375. The molecule has 0 saturated carbocycles. The highest BCUT2D eigenvalue weighted by Crippen LogP contribution is 2.34. The maximum Gasteiger partial charge on any atom is 0.265 e. The molecule has 174 valence electrons. The summed E-state index contributed by atoms with van der Waals surface area (Å²) in [5.41, 5.74) is 0.714. The Morgan fingerprint density at radius 3 is 2.88 bits per heavy atom. The lowest BCUT2D eigenvalue weighted by molar-refractivity contribution is -0.127. The van der Waals surface area contributed by atoms with Crippen LogP contribution in [0, 0.1) is 0 Å². The topological polar surface area (TPSA) is 94.2 Å². The number of fused-ring (bicyclic) bond motifs is 1. The zero-order valence-electron chi connectivity index (χ0n) is 18.2. The summed E-state index contributed by atoms with van der Waals surface area (Å²) in [6, 6.07) is 10.8. The van der Waals surface area contributed by atoms with E-state index in [9.17, 15) is 14.4 Å². The summed E-state index contributed by atoms with van der Waals surface area (Å²) >= 11 is 5.94. The van der Waals surface area contributed by atoms with Gasteiger partial charge in [0.05, 0.1) is 11.8 Å². The Bertz CT molecular complexity index is 1050. The summed E-state index contributed by atoms with van der Waals surface area (Å²) in [6.45, 7) is 2.36. The molecule has 0 bridgehead atoms. The first-order valence-corrected chi connectivity index (χ1v) is 11.2. The molecule has 2 aromatic carbocycles. The quantitative estimate of drug-likeness (QED) is 0.593. The van der Waals surface area contributed by atoms with Crippen molar-refractivity contribution in [2.45, 2.75) is 31.9 Å². The van der Waals surface area contributed by atoms with E-state index in [0.717, 1.165) is 12.8 Å². The van der Waals surface area contributed by atoms with Crippen molar-refractivity contribution in [3.05, 3.63) is 53.1 Å². The van der Waals surface area contributed by atoms with Gasteiger partial charge in [0.25, 0.3) is 5.91 Å². The summed E-state index contributed by atoms with van der Waals surface area (Å²) in [7, 11) is 0. The van der Waals surface area contributed by atoms with E-state index >= 15 is 0 Å². The molecule has 1 N–H and O–H groups in total. The maximum absolute atomic E-state index is 12.8. The first-order chi connectivity index (χ1) is 15.9. The molecule has 0 aliphatic carbocycles. The molecule has 2 heterocycles. The number of ether oxygens (including phenoxy) is 3. The number of amides is 2. The molecule has 4 rings (SSSR count). The second kappa shape index (κ2) is 10.2. The molecule has 33 heavy (non-hydrogen) atoms. The van der Waals surface area contributed by atoms with E-state index in [1.807, 2.05) is 0 Å². The minimum Gasteiger partial charge on any atom is -0.485 e. The second-order valence-corrected chi connectivity index (χ2v) is 8.40. The van der Waals surface area contributed by atoms with Gasteiger partial charge in [0.1, 0.15) is 17.5 Å². The smallest absolute Gasteiger partial charge is 0.265 e. The highest BCUT2D eigenvalue weighted by Gasteiger charge is 2.34. The normalized spacial score (nSPS) is 18.3. The molecule has 1 fully saturated rings. The number of carbonyl (C=O) groups excluding carboxylic acids is 3. The van der Waals surface area contributed by atoms with Gasteiger partial charge in [-0.3, -0.25) is 19.3 Å². The number of Topliss-reactive ketones (excluding diaryl/α,β-unsaturated/α-hetero) is 1. The third-order valence-corrected chi connectivity index (χ3v) is 5.86. The molecule has 2 aliphatic heterocycles. The van der Waals surface area contributed by atoms with E-state index in [4.69, 9.17) is 25.8 Å². The predicted molar refractivity (Wildman–Crippen MR) is 122 cm³/mol.